The van der Waals surface area contributed by atoms with Crippen molar-refractivity contribution in [1.29, 1.82) is 0 Å². The molecule has 2 aromatic carbocycles. The molecule has 0 spiro atoms. The molecule has 2 aromatic rings. The second-order valence-electron chi connectivity index (χ2n) is 4.05. The van der Waals surface area contributed by atoms with Gasteiger partial charge in [0, 0.05) is 5.02 Å². The Morgan fingerprint density at radius 1 is 0.850 bits per heavy atom. The summed E-state index contributed by atoms with van der Waals surface area (Å²) in [6, 6.07) is 11.5. The van der Waals surface area contributed by atoms with Crippen molar-refractivity contribution in [2.75, 3.05) is 4.72 Å². The van der Waals surface area contributed by atoms with Crippen molar-refractivity contribution in [3.63, 3.8) is 0 Å². The van der Waals surface area contributed by atoms with E-state index in [9.17, 15) is 8.42 Å². The van der Waals surface area contributed by atoms with Crippen molar-refractivity contribution in [3.05, 3.63) is 63.1 Å². The predicted molar refractivity (Wildman–Crippen MR) is 84.2 cm³/mol. The first-order chi connectivity index (χ1) is 9.39. The van der Waals surface area contributed by atoms with Gasteiger partial charge in [0.25, 0.3) is 0 Å². The zero-order valence-corrected chi connectivity index (χ0v) is 13.2. The van der Waals surface area contributed by atoms with Crippen LogP contribution in [0.4, 0.5) is 5.69 Å². The first-order valence-corrected chi connectivity index (χ1v) is 8.35. The molecule has 0 atom stereocenters. The highest BCUT2D eigenvalue weighted by Gasteiger charge is 2.17. The average Bonchev–Trinajstić information content (AvgIpc) is 2.37. The Morgan fingerprint density at radius 2 is 1.40 bits per heavy atom. The minimum absolute atomic E-state index is 0.169. The second kappa shape index (κ2) is 6.22. The molecule has 0 bridgehead atoms. The highest BCUT2D eigenvalue weighted by Crippen LogP contribution is 2.31. The van der Waals surface area contributed by atoms with E-state index < -0.39 is 10.0 Å². The SMILES string of the molecule is O=S(=O)(Cc1ccccc1Cl)Nc1c(Cl)cccc1Cl. The molecule has 0 aliphatic rings. The Balaban J connectivity index is 2.27. The molecule has 0 saturated heterocycles. The molecule has 0 aliphatic carbocycles. The van der Waals surface area contributed by atoms with Crippen LogP contribution in [0.3, 0.4) is 0 Å². The van der Waals surface area contributed by atoms with E-state index in [0.717, 1.165) is 0 Å². The molecule has 0 unspecified atom stereocenters. The van der Waals surface area contributed by atoms with Gasteiger partial charge in [-0.3, -0.25) is 4.72 Å². The molecule has 7 heteroatoms. The van der Waals surface area contributed by atoms with Crippen LogP contribution in [0, 0.1) is 0 Å². The van der Waals surface area contributed by atoms with Crippen LogP contribution < -0.4 is 4.72 Å². The van der Waals surface area contributed by atoms with Gasteiger partial charge in [-0.2, -0.15) is 0 Å². The third kappa shape index (κ3) is 3.79. The molecule has 106 valence electrons. The van der Waals surface area contributed by atoms with Gasteiger partial charge >= 0.3 is 0 Å². The van der Waals surface area contributed by atoms with Crippen LogP contribution in [0.2, 0.25) is 15.1 Å². The van der Waals surface area contributed by atoms with E-state index in [-0.39, 0.29) is 21.5 Å². The smallest absolute Gasteiger partial charge is 0.237 e. The van der Waals surface area contributed by atoms with Gasteiger partial charge in [-0.25, -0.2) is 8.42 Å². The van der Waals surface area contributed by atoms with Crippen molar-refractivity contribution in [2.45, 2.75) is 5.75 Å². The van der Waals surface area contributed by atoms with Gasteiger partial charge in [0.2, 0.25) is 10.0 Å². The van der Waals surface area contributed by atoms with Crippen LogP contribution in [-0.2, 0) is 15.8 Å². The fraction of sp³-hybridized carbons (Fsp3) is 0.0769. The maximum absolute atomic E-state index is 12.1. The lowest BCUT2D eigenvalue weighted by atomic mass is 10.2. The van der Waals surface area contributed by atoms with Gasteiger partial charge in [0.1, 0.15) is 0 Å². The number of hydrogen-bond donors (Lipinski definition) is 1. The van der Waals surface area contributed by atoms with Crippen LogP contribution in [0.1, 0.15) is 5.56 Å². The Morgan fingerprint density at radius 3 is 2.00 bits per heavy atom. The summed E-state index contributed by atoms with van der Waals surface area (Å²) in [6.07, 6.45) is 0. The van der Waals surface area contributed by atoms with Crippen molar-refractivity contribution in [1.82, 2.24) is 0 Å². The van der Waals surface area contributed by atoms with Crippen molar-refractivity contribution in [3.8, 4) is 0 Å². The number of anilines is 1. The third-order valence-corrected chi connectivity index (χ3v) is 4.73. The van der Waals surface area contributed by atoms with E-state index in [2.05, 4.69) is 4.72 Å². The Labute approximate surface area is 132 Å². The minimum atomic E-state index is -3.66. The minimum Gasteiger partial charge on any atom is -0.280 e. The highest BCUT2D eigenvalue weighted by atomic mass is 35.5. The summed E-state index contributed by atoms with van der Waals surface area (Å²) in [5.74, 6) is -0.256. The first kappa shape index (κ1) is 15.4. The summed E-state index contributed by atoms with van der Waals surface area (Å²) in [6.45, 7) is 0. The van der Waals surface area contributed by atoms with Gasteiger partial charge < -0.3 is 0 Å². The van der Waals surface area contributed by atoms with Gasteiger partial charge in [0.05, 0.1) is 21.5 Å². The molecule has 0 radical (unpaired) electrons. The standard InChI is InChI=1S/C13H10Cl3NO2S/c14-10-5-2-1-4-9(10)8-20(18,19)17-13-11(15)6-3-7-12(13)16/h1-7,17H,8H2. The fourth-order valence-corrected chi connectivity index (χ4v) is 3.76. The molecule has 0 fully saturated rings. The fourth-order valence-electron chi connectivity index (χ4n) is 1.61. The quantitative estimate of drug-likeness (QED) is 0.876. The molecular formula is C13H10Cl3NO2S. The summed E-state index contributed by atoms with van der Waals surface area (Å²) in [4.78, 5) is 0. The lowest BCUT2D eigenvalue weighted by Gasteiger charge is -2.11. The molecule has 1 N–H and O–H groups in total. The third-order valence-electron chi connectivity index (χ3n) is 2.52. The molecular weight excluding hydrogens is 341 g/mol. The van der Waals surface area contributed by atoms with Crippen LogP contribution in [-0.4, -0.2) is 8.42 Å². The van der Waals surface area contributed by atoms with E-state index >= 15 is 0 Å². The highest BCUT2D eigenvalue weighted by molar-refractivity contribution is 7.92. The van der Waals surface area contributed by atoms with Gasteiger partial charge in [-0.15, -0.1) is 0 Å². The number of sulfonamides is 1. The lowest BCUT2D eigenvalue weighted by Crippen LogP contribution is -2.15. The largest absolute Gasteiger partial charge is 0.280 e. The van der Waals surface area contributed by atoms with Gasteiger partial charge in [0.15, 0.2) is 0 Å². The maximum atomic E-state index is 12.1. The zero-order valence-electron chi connectivity index (χ0n) is 10.1. The van der Waals surface area contributed by atoms with Crippen LogP contribution in [0.15, 0.2) is 42.5 Å². The lowest BCUT2D eigenvalue weighted by molar-refractivity contribution is 0.600. The summed E-state index contributed by atoms with van der Waals surface area (Å²) < 4.78 is 26.7. The zero-order chi connectivity index (χ0) is 14.8. The molecule has 0 amide bonds. The first-order valence-electron chi connectivity index (χ1n) is 5.57. The topological polar surface area (TPSA) is 46.2 Å². The van der Waals surface area contributed by atoms with E-state index in [0.29, 0.717) is 10.6 Å². The molecule has 0 heterocycles. The number of halogens is 3. The van der Waals surface area contributed by atoms with Crippen LogP contribution in [0.25, 0.3) is 0 Å². The van der Waals surface area contributed by atoms with E-state index in [1.165, 1.54) is 0 Å². The second-order valence-corrected chi connectivity index (χ2v) is 6.99. The summed E-state index contributed by atoms with van der Waals surface area (Å²) in [5.41, 5.74) is 0.674. The van der Waals surface area contributed by atoms with E-state index in [1.54, 1.807) is 42.5 Å². The Hall–Kier alpha value is -0.940. The van der Waals surface area contributed by atoms with Crippen LogP contribution in [0.5, 0.6) is 0 Å². The molecule has 20 heavy (non-hydrogen) atoms. The number of benzene rings is 2. The summed E-state index contributed by atoms with van der Waals surface area (Å²) in [7, 11) is -3.66. The van der Waals surface area contributed by atoms with Gasteiger partial charge in [-0.1, -0.05) is 59.1 Å². The van der Waals surface area contributed by atoms with Crippen LogP contribution >= 0.6 is 34.8 Å². The molecule has 2 rings (SSSR count). The van der Waals surface area contributed by atoms with E-state index in [4.69, 9.17) is 34.8 Å². The van der Waals surface area contributed by atoms with E-state index in [1.807, 2.05) is 0 Å². The Kier molecular flexibility index (Phi) is 4.81. The molecule has 0 aromatic heterocycles. The van der Waals surface area contributed by atoms with Crippen molar-refractivity contribution in [2.24, 2.45) is 0 Å². The Bertz CT molecular complexity index is 712. The summed E-state index contributed by atoms with van der Waals surface area (Å²) >= 11 is 17.8. The number of rotatable bonds is 4. The molecule has 0 aliphatic heterocycles. The summed E-state index contributed by atoms with van der Waals surface area (Å²) in [5, 5.41) is 0.864. The monoisotopic (exact) mass is 349 g/mol. The number of para-hydroxylation sites is 1. The van der Waals surface area contributed by atoms with Crippen molar-refractivity contribution < 1.29 is 8.42 Å². The average molecular weight is 351 g/mol. The van der Waals surface area contributed by atoms with Gasteiger partial charge in [-0.05, 0) is 23.8 Å². The van der Waals surface area contributed by atoms with Crippen molar-refractivity contribution >= 4 is 50.5 Å². The molecule has 0 saturated carbocycles. The normalized spacial score (nSPS) is 11.3. The maximum Gasteiger partial charge on any atom is 0.237 e. The predicted octanol–water partition coefficient (Wildman–Crippen LogP) is 4.59. The number of hydrogen-bond acceptors (Lipinski definition) is 2. The number of nitrogens with one attached hydrogen (secondary N) is 1. The molecule has 3 nitrogen and oxygen atoms in total.